The maximum Gasteiger partial charge on any atom is 0.237 e. The summed E-state index contributed by atoms with van der Waals surface area (Å²) in [4.78, 5) is 24.9. The summed E-state index contributed by atoms with van der Waals surface area (Å²) >= 11 is 3.34. The van der Waals surface area contributed by atoms with Crippen LogP contribution in [0.25, 0.3) is 0 Å². The smallest absolute Gasteiger partial charge is 0.237 e. The molecule has 1 atom stereocenters. The topological polar surface area (TPSA) is 46.6 Å². The van der Waals surface area contributed by atoms with Gasteiger partial charge in [-0.3, -0.25) is 9.59 Å². The van der Waals surface area contributed by atoms with Crippen molar-refractivity contribution in [2.24, 2.45) is 5.92 Å². The molecule has 1 heterocycles. The first-order valence-electron chi connectivity index (χ1n) is 5.25. The standard InChI is InChI=1S/C12H12BrNO3/c1-7-5-11(15)14(12(7)16)10-6-8(17-2)3-4-9(10)13/h3-4,6-7H,5H2,1-2H3. The molecule has 2 amide bonds. The first kappa shape index (κ1) is 12.1. The molecule has 0 aromatic heterocycles. The van der Waals surface area contributed by atoms with Crippen molar-refractivity contribution < 1.29 is 14.3 Å². The van der Waals surface area contributed by atoms with Crippen LogP contribution in [0.15, 0.2) is 22.7 Å². The lowest BCUT2D eigenvalue weighted by molar-refractivity contribution is -0.122. The number of halogens is 1. The average Bonchev–Trinajstić information content (AvgIpc) is 2.55. The predicted octanol–water partition coefficient (Wildman–Crippen LogP) is 2.36. The van der Waals surface area contributed by atoms with Gasteiger partial charge in [-0.05, 0) is 28.1 Å². The van der Waals surface area contributed by atoms with E-state index < -0.39 is 0 Å². The molecule has 90 valence electrons. The number of hydrogen-bond donors (Lipinski definition) is 0. The zero-order valence-corrected chi connectivity index (χ0v) is 11.2. The second kappa shape index (κ2) is 4.49. The van der Waals surface area contributed by atoms with Gasteiger partial charge in [0, 0.05) is 22.9 Å². The SMILES string of the molecule is COc1ccc(Br)c(N2C(=O)CC(C)C2=O)c1. The second-order valence-corrected chi connectivity index (χ2v) is 4.84. The van der Waals surface area contributed by atoms with Crippen LogP contribution in [0.5, 0.6) is 5.75 Å². The van der Waals surface area contributed by atoms with E-state index >= 15 is 0 Å². The van der Waals surface area contributed by atoms with Crippen LogP contribution in [0.4, 0.5) is 5.69 Å². The Morgan fingerprint density at radius 3 is 2.65 bits per heavy atom. The molecule has 1 aliphatic rings. The molecule has 0 aliphatic carbocycles. The van der Waals surface area contributed by atoms with Gasteiger partial charge >= 0.3 is 0 Å². The Kier molecular flexibility index (Phi) is 3.19. The largest absolute Gasteiger partial charge is 0.497 e. The number of carbonyl (C=O) groups is 2. The summed E-state index contributed by atoms with van der Waals surface area (Å²) in [5, 5.41) is 0. The fraction of sp³-hybridized carbons (Fsp3) is 0.333. The number of carbonyl (C=O) groups excluding carboxylic acids is 2. The van der Waals surface area contributed by atoms with Crippen LogP contribution >= 0.6 is 15.9 Å². The molecule has 2 rings (SSSR count). The number of imide groups is 1. The molecule has 1 unspecified atom stereocenters. The highest BCUT2D eigenvalue weighted by Crippen LogP contribution is 2.34. The molecule has 1 saturated heterocycles. The number of ether oxygens (including phenoxy) is 1. The molecule has 0 N–H and O–H groups in total. The normalized spacial score (nSPS) is 19.9. The van der Waals surface area contributed by atoms with Gasteiger partial charge in [0.2, 0.25) is 11.8 Å². The van der Waals surface area contributed by atoms with Gasteiger partial charge in [-0.1, -0.05) is 6.92 Å². The number of anilines is 1. The van der Waals surface area contributed by atoms with E-state index in [4.69, 9.17) is 4.74 Å². The van der Waals surface area contributed by atoms with E-state index in [1.807, 2.05) is 0 Å². The lowest BCUT2D eigenvalue weighted by atomic mass is 10.1. The summed E-state index contributed by atoms with van der Waals surface area (Å²) < 4.78 is 5.80. The van der Waals surface area contributed by atoms with E-state index in [0.29, 0.717) is 15.9 Å². The Hall–Kier alpha value is -1.36. The van der Waals surface area contributed by atoms with Crippen LogP contribution in [-0.4, -0.2) is 18.9 Å². The van der Waals surface area contributed by atoms with E-state index in [-0.39, 0.29) is 24.2 Å². The summed E-state index contributed by atoms with van der Waals surface area (Å²) in [6.45, 7) is 1.76. The third-order valence-electron chi connectivity index (χ3n) is 2.77. The molecule has 1 fully saturated rings. The van der Waals surface area contributed by atoms with Gasteiger partial charge in [0.1, 0.15) is 5.75 Å². The summed E-state index contributed by atoms with van der Waals surface area (Å²) in [6.07, 6.45) is 0.266. The molecule has 4 nitrogen and oxygen atoms in total. The number of methoxy groups -OCH3 is 1. The van der Waals surface area contributed by atoms with E-state index in [9.17, 15) is 9.59 Å². The van der Waals surface area contributed by atoms with Gasteiger partial charge in [-0.15, -0.1) is 0 Å². The minimum atomic E-state index is -0.249. The van der Waals surface area contributed by atoms with Crippen LogP contribution < -0.4 is 9.64 Å². The third kappa shape index (κ3) is 2.07. The predicted molar refractivity (Wildman–Crippen MR) is 67.0 cm³/mol. The Morgan fingerprint density at radius 1 is 1.41 bits per heavy atom. The van der Waals surface area contributed by atoms with Gasteiger partial charge in [0.15, 0.2) is 0 Å². The minimum absolute atomic E-state index is 0.163. The van der Waals surface area contributed by atoms with E-state index in [1.165, 1.54) is 4.90 Å². The highest BCUT2D eigenvalue weighted by atomic mass is 79.9. The van der Waals surface area contributed by atoms with Crippen LogP contribution in [0.3, 0.4) is 0 Å². The number of nitrogens with zero attached hydrogens (tertiary/aromatic N) is 1. The summed E-state index contributed by atoms with van der Waals surface area (Å²) in [6, 6.07) is 5.21. The van der Waals surface area contributed by atoms with Crippen LogP contribution in [0.2, 0.25) is 0 Å². The van der Waals surface area contributed by atoms with Gasteiger partial charge in [0.25, 0.3) is 0 Å². The third-order valence-corrected chi connectivity index (χ3v) is 3.44. The zero-order chi connectivity index (χ0) is 12.6. The quantitative estimate of drug-likeness (QED) is 0.787. The van der Waals surface area contributed by atoms with Crippen molar-refractivity contribution >= 4 is 33.4 Å². The summed E-state index contributed by atoms with van der Waals surface area (Å²) in [5.74, 6) is 0.0318. The van der Waals surface area contributed by atoms with Gasteiger partial charge in [-0.25, -0.2) is 4.90 Å². The van der Waals surface area contributed by atoms with E-state index in [2.05, 4.69) is 15.9 Å². The molecule has 1 aromatic carbocycles. The Bertz CT molecular complexity index is 487. The lowest BCUT2D eigenvalue weighted by Gasteiger charge is -2.17. The highest BCUT2D eigenvalue weighted by molar-refractivity contribution is 9.10. The van der Waals surface area contributed by atoms with Crippen molar-refractivity contribution in [3.8, 4) is 5.75 Å². The molecule has 0 bridgehead atoms. The van der Waals surface area contributed by atoms with Crippen LogP contribution in [0.1, 0.15) is 13.3 Å². The number of rotatable bonds is 2. The number of benzene rings is 1. The number of hydrogen-bond acceptors (Lipinski definition) is 3. The van der Waals surface area contributed by atoms with Crippen molar-refractivity contribution in [2.45, 2.75) is 13.3 Å². The number of amides is 2. The molecule has 0 radical (unpaired) electrons. The van der Waals surface area contributed by atoms with Gasteiger partial charge < -0.3 is 4.74 Å². The Morgan fingerprint density at radius 2 is 2.12 bits per heavy atom. The summed E-state index contributed by atoms with van der Waals surface area (Å²) in [5.41, 5.74) is 0.545. The lowest BCUT2D eigenvalue weighted by Crippen LogP contribution is -2.30. The van der Waals surface area contributed by atoms with Crippen molar-refractivity contribution in [2.75, 3.05) is 12.0 Å². The molecule has 1 aliphatic heterocycles. The molecular weight excluding hydrogens is 286 g/mol. The van der Waals surface area contributed by atoms with Crippen molar-refractivity contribution in [1.82, 2.24) is 0 Å². The molecule has 0 spiro atoms. The molecule has 0 saturated carbocycles. The van der Waals surface area contributed by atoms with Crippen molar-refractivity contribution in [1.29, 1.82) is 0 Å². The highest BCUT2D eigenvalue weighted by Gasteiger charge is 2.37. The van der Waals surface area contributed by atoms with Crippen LogP contribution in [-0.2, 0) is 9.59 Å². The molecule has 5 heteroatoms. The maximum absolute atomic E-state index is 11.9. The first-order valence-corrected chi connectivity index (χ1v) is 6.04. The maximum atomic E-state index is 11.9. The minimum Gasteiger partial charge on any atom is -0.497 e. The molecular formula is C12H12BrNO3. The zero-order valence-electron chi connectivity index (χ0n) is 9.57. The average molecular weight is 298 g/mol. The molecule has 1 aromatic rings. The fourth-order valence-corrected chi connectivity index (χ4v) is 2.25. The van der Waals surface area contributed by atoms with Gasteiger partial charge in [-0.2, -0.15) is 0 Å². The first-order chi connectivity index (χ1) is 8.04. The Balaban J connectivity index is 2.46. The van der Waals surface area contributed by atoms with E-state index in [1.54, 1.807) is 32.2 Å². The van der Waals surface area contributed by atoms with Crippen molar-refractivity contribution in [3.63, 3.8) is 0 Å². The van der Waals surface area contributed by atoms with E-state index in [0.717, 1.165) is 0 Å². The summed E-state index contributed by atoms with van der Waals surface area (Å²) in [7, 11) is 1.54. The van der Waals surface area contributed by atoms with Crippen molar-refractivity contribution in [3.05, 3.63) is 22.7 Å². The second-order valence-electron chi connectivity index (χ2n) is 3.99. The van der Waals surface area contributed by atoms with Crippen LogP contribution in [0, 0.1) is 5.92 Å². The monoisotopic (exact) mass is 297 g/mol. The molecule has 17 heavy (non-hydrogen) atoms. The van der Waals surface area contributed by atoms with Gasteiger partial charge in [0.05, 0.1) is 12.8 Å². The Labute approximate surface area is 108 Å². The fourth-order valence-electron chi connectivity index (χ4n) is 1.83.